The molecule has 0 aromatic carbocycles. The largest absolute Gasteiger partial charge is 0.480 e. The first-order valence-corrected chi connectivity index (χ1v) is 6.59. The van der Waals surface area contributed by atoms with E-state index in [9.17, 15) is 9.00 Å². The Balaban J connectivity index is 2.35. The normalized spacial score (nSPS) is 22.9. The minimum Gasteiger partial charge on any atom is -0.480 e. The van der Waals surface area contributed by atoms with Gasteiger partial charge in [-0.15, -0.1) is 0 Å². The smallest absolute Gasteiger partial charge is 0.318 e. The minimum absolute atomic E-state index is 0.492. The summed E-state index contributed by atoms with van der Waals surface area (Å²) in [5.74, 6) is 0.124. The van der Waals surface area contributed by atoms with Crippen LogP contribution >= 0.6 is 0 Å². The Morgan fingerprint density at radius 2 is 2.00 bits per heavy atom. The van der Waals surface area contributed by atoms with E-state index in [1.54, 1.807) is 0 Å². The first kappa shape index (κ1) is 11.7. The van der Waals surface area contributed by atoms with Crippen molar-refractivity contribution in [1.82, 2.24) is 0 Å². The lowest BCUT2D eigenvalue weighted by atomic mass is 9.91. The fraction of sp³-hybridized carbons (Fsp3) is 0.900. The Labute approximate surface area is 87.3 Å². The Morgan fingerprint density at radius 1 is 1.43 bits per heavy atom. The number of carboxylic acids is 1. The molecular formula is C10H18O3S. The van der Waals surface area contributed by atoms with Crippen LogP contribution < -0.4 is 0 Å². The zero-order valence-electron chi connectivity index (χ0n) is 8.57. The van der Waals surface area contributed by atoms with Gasteiger partial charge in [0, 0.05) is 16.6 Å². The summed E-state index contributed by atoms with van der Waals surface area (Å²) in [6.07, 6.45) is 5.94. The molecule has 1 N–H and O–H groups in total. The van der Waals surface area contributed by atoms with Crippen LogP contribution in [0, 0.1) is 5.92 Å². The number of aliphatic carboxylic acids is 1. The SMILES string of the molecule is CC(C(=O)O)S(=O)CC1CCCCC1. The molecule has 0 aliphatic heterocycles. The van der Waals surface area contributed by atoms with Crippen LogP contribution in [0.5, 0.6) is 0 Å². The molecule has 1 aliphatic carbocycles. The van der Waals surface area contributed by atoms with Gasteiger partial charge >= 0.3 is 5.97 Å². The summed E-state index contributed by atoms with van der Waals surface area (Å²) in [4.78, 5) is 10.6. The first-order chi connectivity index (χ1) is 6.61. The van der Waals surface area contributed by atoms with Gasteiger partial charge in [-0.1, -0.05) is 19.3 Å². The summed E-state index contributed by atoms with van der Waals surface area (Å²) in [7, 11) is -1.19. The second-order valence-corrected chi connectivity index (χ2v) is 5.83. The molecule has 0 saturated heterocycles. The highest BCUT2D eigenvalue weighted by Crippen LogP contribution is 2.24. The molecule has 0 radical (unpaired) electrons. The number of hydrogen-bond donors (Lipinski definition) is 1. The van der Waals surface area contributed by atoms with Crippen molar-refractivity contribution in [1.29, 1.82) is 0 Å². The van der Waals surface area contributed by atoms with Crippen molar-refractivity contribution < 1.29 is 14.1 Å². The fourth-order valence-electron chi connectivity index (χ4n) is 1.84. The van der Waals surface area contributed by atoms with Gasteiger partial charge in [0.15, 0.2) is 0 Å². The van der Waals surface area contributed by atoms with E-state index in [0.717, 1.165) is 12.8 Å². The molecule has 0 amide bonds. The van der Waals surface area contributed by atoms with Gasteiger partial charge in [0.2, 0.25) is 0 Å². The average Bonchev–Trinajstić information content (AvgIpc) is 2.18. The quantitative estimate of drug-likeness (QED) is 0.782. The molecule has 2 unspecified atom stereocenters. The van der Waals surface area contributed by atoms with Crippen molar-refractivity contribution in [2.24, 2.45) is 5.92 Å². The molecule has 2 atom stereocenters. The van der Waals surface area contributed by atoms with Gasteiger partial charge in [0.05, 0.1) is 0 Å². The lowest BCUT2D eigenvalue weighted by Crippen LogP contribution is -2.27. The molecule has 0 heterocycles. The van der Waals surface area contributed by atoms with E-state index in [4.69, 9.17) is 5.11 Å². The molecule has 0 bridgehead atoms. The van der Waals surface area contributed by atoms with E-state index in [1.807, 2.05) is 0 Å². The molecule has 1 rings (SSSR count). The summed E-state index contributed by atoms with van der Waals surface area (Å²) >= 11 is 0. The van der Waals surface area contributed by atoms with E-state index < -0.39 is 22.0 Å². The summed E-state index contributed by atoms with van der Waals surface area (Å²) in [5, 5.41) is 7.98. The van der Waals surface area contributed by atoms with Crippen molar-refractivity contribution in [2.45, 2.75) is 44.3 Å². The van der Waals surface area contributed by atoms with Crippen LogP contribution in [0.25, 0.3) is 0 Å². The second kappa shape index (κ2) is 5.49. The van der Waals surface area contributed by atoms with Crippen LogP contribution in [0.2, 0.25) is 0 Å². The highest BCUT2D eigenvalue weighted by atomic mass is 32.2. The van der Waals surface area contributed by atoms with Gasteiger partial charge in [-0.3, -0.25) is 9.00 Å². The molecule has 0 aromatic rings. The van der Waals surface area contributed by atoms with Gasteiger partial charge in [0.1, 0.15) is 5.25 Å². The van der Waals surface area contributed by atoms with Gasteiger partial charge in [-0.25, -0.2) is 0 Å². The van der Waals surface area contributed by atoms with Crippen molar-refractivity contribution >= 4 is 16.8 Å². The number of hydrogen-bond acceptors (Lipinski definition) is 2. The van der Waals surface area contributed by atoms with Crippen LogP contribution in [0.1, 0.15) is 39.0 Å². The Morgan fingerprint density at radius 3 is 2.50 bits per heavy atom. The Kier molecular flexibility index (Phi) is 4.58. The standard InChI is InChI=1S/C10H18O3S/c1-8(10(11)12)14(13)7-9-5-3-2-4-6-9/h8-9H,2-7H2,1H3,(H,11,12). The molecular weight excluding hydrogens is 200 g/mol. The Bertz CT molecular complexity index is 221. The molecule has 82 valence electrons. The molecule has 1 fully saturated rings. The Hall–Kier alpha value is -0.380. The van der Waals surface area contributed by atoms with Gasteiger partial charge in [0.25, 0.3) is 0 Å². The zero-order valence-corrected chi connectivity index (χ0v) is 9.39. The lowest BCUT2D eigenvalue weighted by molar-refractivity contribution is -0.136. The zero-order chi connectivity index (χ0) is 10.6. The van der Waals surface area contributed by atoms with E-state index in [0.29, 0.717) is 11.7 Å². The monoisotopic (exact) mass is 218 g/mol. The van der Waals surface area contributed by atoms with Crippen molar-refractivity contribution in [3.63, 3.8) is 0 Å². The third-order valence-electron chi connectivity index (χ3n) is 2.87. The summed E-state index contributed by atoms with van der Waals surface area (Å²) < 4.78 is 11.6. The molecule has 14 heavy (non-hydrogen) atoms. The van der Waals surface area contributed by atoms with Crippen molar-refractivity contribution in [3.8, 4) is 0 Å². The third kappa shape index (κ3) is 3.40. The molecule has 0 aromatic heterocycles. The topological polar surface area (TPSA) is 54.4 Å². The lowest BCUT2D eigenvalue weighted by Gasteiger charge is -2.21. The van der Waals surface area contributed by atoms with Gasteiger partial charge in [-0.2, -0.15) is 0 Å². The highest BCUT2D eigenvalue weighted by Gasteiger charge is 2.23. The maximum absolute atomic E-state index is 11.6. The van der Waals surface area contributed by atoms with Crippen LogP contribution in [-0.2, 0) is 15.6 Å². The van der Waals surface area contributed by atoms with E-state index in [1.165, 1.54) is 26.2 Å². The predicted octanol–water partition coefficient (Wildman–Crippen LogP) is 1.79. The van der Waals surface area contributed by atoms with Gasteiger partial charge in [-0.05, 0) is 25.7 Å². The fourth-order valence-corrected chi connectivity index (χ4v) is 3.15. The molecule has 4 heteroatoms. The second-order valence-electron chi connectivity index (χ2n) is 4.03. The predicted molar refractivity (Wildman–Crippen MR) is 56.7 cm³/mol. The number of carbonyl (C=O) groups is 1. The highest BCUT2D eigenvalue weighted by molar-refractivity contribution is 7.86. The van der Waals surface area contributed by atoms with Gasteiger partial charge < -0.3 is 5.11 Å². The van der Waals surface area contributed by atoms with Crippen LogP contribution in [0.3, 0.4) is 0 Å². The van der Waals surface area contributed by atoms with Crippen molar-refractivity contribution in [3.05, 3.63) is 0 Å². The molecule has 0 spiro atoms. The first-order valence-electron chi connectivity index (χ1n) is 5.21. The molecule has 3 nitrogen and oxygen atoms in total. The van der Waals surface area contributed by atoms with Crippen LogP contribution in [0.4, 0.5) is 0 Å². The average molecular weight is 218 g/mol. The van der Waals surface area contributed by atoms with E-state index in [2.05, 4.69) is 0 Å². The van der Waals surface area contributed by atoms with Crippen molar-refractivity contribution in [2.75, 3.05) is 5.75 Å². The summed E-state index contributed by atoms with van der Waals surface area (Å²) in [5.41, 5.74) is 0. The molecule has 1 saturated carbocycles. The summed E-state index contributed by atoms with van der Waals surface area (Å²) in [6, 6.07) is 0. The van der Waals surface area contributed by atoms with Crippen LogP contribution in [-0.4, -0.2) is 26.3 Å². The molecule has 1 aliphatic rings. The third-order valence-corrected chi connectivity index (χ3v) is 4.66. The summed E-state index contributed by atoms with van der Waals surface area (Å²) in [6.45, 7) is 1.53. The number of rotatable bonds is 4. The number of carboxylic acid groups (broad SMARTS) is 1. The van der Waals surface area contributed by atoms with E-state index >= 15 is 0 Å². The maximum atomic E-state index is 11.6. The van der Waals surface area contributed by atoms with E-state index in [-0.39, 0.29) is 0 Å². The minimum atomic E-state index is -1.19. The maximum Gasteiger partial charge on any atom is 0.318 e. The van der Waals surface area contributed by atoms with Crippen LogP contribution in [0.15, 0.2) is 0 Å².